The predicted octanol–water partition coefficient (Wildman–Crippen LogP) is 2.78. The van der Waals surface area contributed by atoms with Gasteiger partial charge < -0.3 is 21.1 Å². The van der Waals surface area contributed by atoms with Gasteiger partial charge in [-0.15, -0.1) is 0 Å². The molecule has 0 radical (unpaired) electrons. The van der Waals surface area contributed by atoms with Crippen LogP contribution in [0.15, 0.2) is 30.3 Å². The van der Waals surface area contributed by atoms with Gasteiger partial charge in [0.2, 0.25) is 11.8 Å². The van der Waals surface area contributed by atoms with E-state index in [-0.39, 0.29) is 54.9 Å². The molecule has 0 bridgehead atoms. The van der Waals surface area contributed by atoms with E-state index in [2.05, 4.69) is 16.0 Å². The summed E-state index contributed by atoms with van der Waals surface area (Å²) in [7, 11) is 3.03. The number of nitrogen functional groups attached to an aromatic ring is 1. The van der Waals surface area contributed by atoms with E-state index in [0.29, 0.717) is 11.3 Å². The van der Waals surface area contributed by atoms with Crippen molar-refractivity contribution in [2.75, 3.05) is 31.8 Å². The van der Waals surface area contributed by atoms with Crippen LogP contribution < -0.4 is 21.7 Å². The highest BCUT2D eigenvalue weighted by molar-refractivity contribution is 5.85. The molecule has 2 aromatic rings. The zero-order valence-electron chi connectivity index (χ0n) is 19.4. The van der Waals surface area contributed by atoms with Crippen LogP contribution in [-0.4, -0.2) is 38.6 Å². The smallest absolute Gasteiger partial charge is 0.411 e. The van der Waals surface area contributed by atoms with Gasteiger partial charge in [0, 0.05) is 25.5 Å². The van der Waals surface area contributed by atoms with Crippen LogP contribution in [0.2, 0.25) is 0 Å². The lowest BCUT2D eigenvalue weighted by Gasteiger charge is -2.15. The Hall–Kier alpha value is -3.62. The Bertz CT molecular complexity index is 1020. The molecule has 0 spiro atoms. The maximum atomic E-state index is 14.3. The van der Waals surface area contributed by atoms with E-state index in [0.717, 1.165) is 11.1 Å². The normalized spacial score (nSPS) is 10.6. The molecule has 8 nitrogen and oxygen atoms in total. The molecule has 0 atom stereocenters. The first-order valence-electron chi connectivity index (χ1n) is 10.7. The highest BCUT2D eigenvalue weighted by Gasteiger charge is 2.15. The Labute approximate surface area is 193 Å². The third-order valence-electron chi connectivity index (χ3n) is 4.95. The van der Waals surface area contributed by atoms with Gasteiger partial charge >= 0.3 is 6.09 Å². The number of hydrogen-bond acceptors (Lipinski definition) is 5. The number of amides is 3. The Morgan fingerprint density at radius 2 is 1.58 bits per heavy atom. The molecule has 3 amide bonds. The zero-order valence-corrected chi connectivity index (χ0v) is 19.4. The predicted molar refractivity (Wildman–Crippen MR) is 125 cm³/mol. The topological polar surface area (TPSA) is 123 Å². The molecule has 0 aliphatic rings. The molecular formula is C24H31FN4O4. The van der Waals surface area contributed by atoms with Crippen LogP contribution in [0.5, 0.6) is 0 Å². The fraction of sp³-hybridized carbons (Fsp3) is 0.375. The quantitative estimate of drug-likeness (QED) is 0.431. The first-order valence-corrected chi connectivity index (χ1v) is 10.7. The summed E-state index contributed by atoms with van der Waals surface area (Å²) in [6.07, 6.45) is -0.307. The number of halogens is 1. The van der Waals surface area contributed by atoms with Gasteiger partial charge in [0.1, 0.15) is 5.82 Å². The average molecular weight is 459 g/mol. The lowest BCUT2D eigenvalue weighted by Crippen LogP contribution is -2.21. The zero-order chi connectivity index (χ0) is 24.5. The van der Waals surface area contributed by atoms with E-state index in [1.54, 1.807) is 31.3 Å². The molecule has 0 heterocycles. The number of nitrogens with one attached hydrogen (secondary N) is 3. The van der Waals surface area contributed by atoms with Gasteiger partial charge in [-0.2, -0.15) is 0 Å². The SMILES string of the molecule is CNC(=O)Cc1cc(Cc2cc(NC(=O)OCC(C)C)ccc2CC(=O)NC)c(N)cc1F. The summed E-state index contributed by atoms with van der Waals surface area (Å²) in [5, 5.41) is 7.74. The molecule has 0 aliphatic heterocycles. The molecule has 2 rings (SSSR count). The highest BCUT2D eigenvalue weighted by Crippen LogP contribution is 2.25. The van der Waals surface area contributed by atoms with E-state index in [1.807, 2.05) is 13.8 Å². The van der Waals surface area contributed by atoms with Crippen LogP contribution in [0.4, 0.5) is 20.6 Å². The second kappa shape index (κ2) is 11.8. The van der Waals surface area contributed by atoms with Crippen LogP contribution in [0.25, 0.3) is 0 Å². The summed E-state index contributed by atoms with van der Waals surface area (Å²) in [6.45, 7) is 4.16. The molecule has 0 saturated carbocycles. The van der Waals surface area contributed by atoms with Crippen molar-refractivity contribution in [2.24, 2.45) is 5.92 Å². The minimum absolute atomic E-state index is 0.121. The first kappa shape index (κ1) is 25.6. The number of nitrogens with two attached hydrogens (primary N) is 1. The van der Waals surface area contributed by atoms with Crippen molar-refractivity contribution in [1.82, 2.24) is 10.6 Å². The number of carbonyl (C=O) groups excluding carboxylic acids is 3. The van der Waals surface area contributed by atoms with Crippen LogP contribution in [0, 0.1) is 11.7 Å². The van der Waals surface area contributed by atoms with Crippen LogP contribution in [-0.2, 0) is 33.6 Å². The standard InChI is InChI=1S/C24H31FN4O4/c1-14(2)13-33-24(32)29-19-6-5-15(10-22(30)27-3)16(9-19)7-18-8-17(11-23(31)28-4)20(25)12-21(18)26/h5-6,8-9,12,14H,7,10-11,13,26H2,1-4H3,(H,27,30)(H,28,31)(H,29,32). The van der Waals surface area contributed by atoms with Crippen molar-refractivity contribution in [3.8, 4) is 0 Å². The maximum Gasteiger partial charge on any atom is 0.411 e. The number of ether oxygens (including phenoxy) is 1. The largest absolute Gasteiger partial charge is 0.449 e. The molecular weight excluding hydrogens is 427 g/mol. The van der Waals surface area contributed by atoms with Crippen molar-refractivity contribution in [1.29, 1.82) is 0 Å². The first-order chi connectivity index (χ1) is 15.6. The monoisotopic (exact) mass is 458 g/mol. The van der Waals surface area contributed by atoms with Crippen molar-refractivity contribution in [2.45, 2.75) is 33.1 Å². The van der Waals surface area contributed by atoms with Crippen LogP contribution in [0.3, 0.4) is 0 Å². The van der Waals surface area contributed by atoms with E-state index < -0.39 is 11.9 Å². The van der Waals surface area contributed by atoms with Crippen LogP contribution in [0.1, 0.15) is 36.1 Å². The Balaban J connectivity index is 2.37. The Morgan fingerprint density at radius 1 is 0.939 bits per heavy atom. The molecule has 178 valence electrons. The average Bonchev–Trinajstić information content (AvgIpc) is 2.76. The molecule has 33 heavy (non-hydrogen) atoms. The van der Waals surface area contributed by atoms with Gasteiger partial charge in [-0.1, -0.05) is 19.9 Å². The summed E-state index contributed by atoms with van der Waals surface area (Å²) >= 11 is 0. The summed E-state index contributed by atoms with van der Waals surface area (Å²) in [5.74, 6) is -0.864. The molecule has 5 N–H and O–H groups in total. The van der Waals surface area contributed by atoms with Crippen molar-refractivity contribution < 1.29 is 23.5 Å². The Morgan fingerprint density at radius 3 is 2.18 bits per heavy atom. The van der Waals surface area contributed by atoms with E-state index in [9.17, 15) is 18.8 Å². The fourth-order valence-electron chi connectivity index (χ4n) is 3.14. The highest BCUT2D eigenvalue weighted by atomic mass is 19.1. The molecule has 0 saturated heterocycles. The number of carbonyl (C=O) groups is 3. The van der Waals surface area contributed by atoms with Crippen molar-refractivity contribution in [3.05, 3.63) is 58.4 Å². The molecule has 0 unspecified atom stereocenters. The Kier molecular flexibility index (Phi) is 9.20. The molecule has 0 aliphatic carbocycles. The third kappa shape index (κ3) is 7.78. The lowest BCUT2D eigenvalue weighted by molar-refractivity contribution is -0.120. The van der Waals surface area contributed by atoms with Gasteiger partial charge in [0.05, 0.1) is 19.4 Å². The van der Waals surface area contributed by atoms with Gasteiger partial charge in [-0.3, -0.25) is 14.9 Å². The number of benzene rings is 2. The van der Waals surface area contributed by atoms with Crippen molar-refractivity contribution in [3.63, 3.8) is 0 Å². The van der Waals surface area contributed by atoms with Crippen molar-refractivity contribution >= 4 is 29.3 Å². The third-order valence-corrected chi connectivity index (χ3v) is 4.95. The number of hydrogen-bond donors (Lipinski definition) is 4. The minimum atomic E-state index is -0.581. The van der Waals surface area contributed by atoms with Gasteiger partial charge in [-0.25, -0.2) is 9.18 Å². The second-order valence-electron chi connectivity index (χ2n) is 8.12. The summed E-state index contributed by atoms with van der Waals surface area (Å²) < 4.78 is 19.5. The van der Waals surface area contributed by atoms with Crippen LogP contribution >= 0.6 is 0 Å². The minimum Gasteiger partial charge on any atom is -0.449 e. The maximum absolute atomic E-state index is 14.3. The van der Waals surface area contributed by atoms with Gasteiger partial charge in [0.15, 0.2) is 0 Å². The van der Waals surface area contributed by atoms with E-state index >= 15 is 0 Å². The molecule has 0 fully saturated rings. The van der Waals surface area contributed by atoms with Gasteiger partial charge in [0.25, 0.3) is 0 Å². The number of likely N-dealkylation sites (N-methyl/N-ethyl adjacent to an activating group) is 2. The van der Waals surface area contributed by atoms with E-state index in [4.69, 9.17) is 10.5 Å². The fourth-order valence-corrected chi connectivity index (χ4v) is 3.14. The summed E-state index contributed by atoms with van der Waals surface area (Å²) in [4.78, 5) is 35.8. The summed E-state index contributed by atoms with van der Waals surface area (Å²) in [6, 6.07) is 7.91. The number of rotatable bonds is 9. The number of anilines is 2. The summed E-state index contributed by atoms with van der Waals surface area (Å²) in [5.41, 5.74) is 9.06. The molecule has 2 aromatic carbocycles. The molecule has 9 heteroatoms. The lowest BCUT2D eigenvalue weighted by atomic mass is 9.94. The molecule has 0 aromatic heterocycles. The van der Waals surface area contributed by atoms with E-state index in [1.165, 1.54) is 13.1 Å². The second-order valence-corrected chi connectivity index (χ2v) is 8.12. The van der Waals surface area contributed by atoms with Gasteiger partial charge in [-0.05, 0) is 58.9 Å².